The van der Waals surface area contributed by atoms with Crippen molar-refractivity contribution in [1.82, 2.24) is 29.4 Å². The maximum Gasteiger partial charge on any atom is 0.255 e. The van der Waals surface area contributed by atoms with Gasteiger partial charge in [-0.05, 0) is 38.5 Å². The van der Waals surface area contributed by atoms with Crippen LogP contribution in [-0.2, 0) is 13.6 Å². The summed E-state index contributed by atoms with van der Waals surface area (Å²) in [5.41, 5.74) is 3.93. The summed E-state index contributed by atoms with van der Waals surface area (Å²) in [6.07, 6.45) is 8.53. The summed E-state index contributed by atoms with van der Waals surface area (Å²) in [5, 5.41) is 0.830. The van der Waals surface area contributed by atoms with E-state index in [0.29, 0.717) is 17.8 Å². The van der Waals surface area contributed by atoms with Crippen LogP contribution in [0.2, 0.25) is 0 Å². The third kappa shape index (κ3) is 3.78. The fraction of sp³-hybridized carbons (Fsp3) is 0.261. The fourth-order valence-electron chi connectivity index (χ4n) is 3.44. The average molecular weight is 400 g/mol. The van der Waals surface area contributed by atoms with E-state index < -0.39 is 0 Å². The molecule has 0 bridgehead atoms. The van der Waals surface area contributed by atoms with Crippen LogP contribution in [0.25, 0.3) is 22.2 Å². The molecule has 0 N–H and O–H groups in total. The molecule has 0 aliphatic heterocycles. The zero-order chi connectivity index (χ0) is 21.3. The second-order valence-electron chi connectivity index (χ2n) is 7.68. The smallest absolute Gasteiger partial charge is 0.255 e. The number of hydrogen-bond donors (Lipinski definition) is 0. The number of aromatic nitrogens is 5. The minimum absolute atomic E-state index is 0.00590. The molecule has 0 atom stereocenters. The Balaban J connectivity index is 1.85. The third-order valence-electron chi connectivity index (χ3n) is 5.17. The molecule has 3 aromatic heterocycles. The first kappa shape index (κ1) is 19.7. The molecule has 0 saturated carbocycles. The number of carbonyl (C=O) groups is 1. The van der Waals surface area contributed by atoms with Gasteiger partial charge in [-0.2, -0.15) is 0 Å². The number of nitrogens with zero attached hydrogens (tertiary/aromatic N) is 6. The summed E-state index contributed by atoms with van der Waals surface area (Å²) >= 11 is 0. The van der Waals surface area contributed by atoms with Crippen LogP contribution in [0, 0.1) is 6.92 Å². The molecular weight excluding hydrogens is 376 g/mol. The van der Waals surface area contributed by atoms with E-state index in [1.54, 1.807) is 18.6 Å². The fourth-order valence-corrected chi connectivity index (χ4v) is 3.44. The van der Waals surface area contributed by atoms with Crippen LogP contribution in [0.4, 0.5) is 0 Å². The Bertz CT molecular complexity index is 1200. The lowest BCUT2D eigenvalue weighted by Gasteiger charge is -2.27. The van der Waals surface area contributed by atoms with Gasteiger partial charge in [-0.1, -0.05) is 12.1 Å². The molecule has 152 valence electrons. The Morgan fingerprint density at radius 1 is 1.17 bits per heavy atom. The Labute approximate surface area is 175 Å². The van der Waals surface area contributed by atoms with Gasteiger partial charge >= 0.3 is 0 Å². The van der Waals surface area contributed by atoms with Crippen molar-refractivity contribution in [3.05, 3.63) is 72.3 Å². The van der Waals surface area contributed by atoms with E-state index in [-0.39, 0.29) is 11.9 Å². The van der Waals surface area contributed by atoms with Crippen LogP contribution in [0.1, 0.15) is 35.6 Å². The van der Waals surface area contributed by atoms with Gasteiger partial charge in [0.25, 0.3) is 5.91 Å². The van der Waals surface area contributed by atoms with Crippen LogP contribution in [0.5, 0.6) is 0 Å². The van der Waals surface area contributed by atoms with Crippen molar-refractivity contribution in [2.75, 3.05) is 0 Å². The van der Waals surface area contributed by atoms with Crippen molar-refractivity contribution in [2.45, 2.75) is 33.4 Å². The zero-order valence-electron chi connectivity index (χ0n) is 17.6. The standard InChI is InChI=1S/C23H24N6O/c1-15(2)29(13-22-26-7-8-28(22)4)23(30)19-10-20(17-11-24-14-25-12-17)27-21-9-16(3)5-6-18(19)21/h5-12,14-15H,13H2,1-4H3. The van der Waals surface area contributed by atoms with Crippen LogP contribution < -0.4 is 0 Å². The molecule has 0 spiro atoms. The largest absolute Gasteiger partial charge is 0.337 e. The van der Waals surface area contributed by atoms with Crippen molar-refractivity contribution >= 4 is 16.8 Å². The van der Waals surface area contributed by atoms with Gasteiger partial charge in [0.2, 0.25) is 0 Å². The molecule has 7 nitrogen and oxygen atoms in total. The first-order valence-electron chi connectivity index (χ1n) is 9.88. The maximum absolute atomic E-state index is 13.7. The highest BCUT2D eigenvalue weighted by Crippen LogP contribution is 2.27. The van der Waals surface area contributed by atoms with Gasteiger partial charge in [0.1, 0.15) is 12.2 Å². The lowest BCUT2D eigenvalue weighted by molar-refractivity contribution is 0.0685. The molecular formula is C23H24N6O. The number of benzene rings is 1. The maximum atomic E-state index is 13.7. The second kappa shape index (κ2) is 8.02. The zero-order valence-corrected chi connectivity index (χ0v) is 17.6. The van der Waals surface area contributed by atoms with Crippen molar-refractivity contribution in [3.63, 3.8) is 0 Å². The highest BCUT2D eigenvalue weighted by Gasteiger charge is 2.24. The minimum Gasteiger partial charge on any atom is -0.337 e. The molecule has 0 aliphatic rings. The Morgan fingerprint density at radius 2 is 1.93 bits per heavy atom. The highest BCUT2D eigenvalue weighted by atomic mass is 16.2. The molecule has 4 aromatic rings. The van der Waals surface area contributed by atoms with E-state index >= 15 is 0 Å². The molecule has 0 unspecified atom stereocenters. The van der Waals surface area contributed by atoms with Gasteiger partial charge in [-0.25, -0.2) is 19.9 Å². The Hall–Kier alpha value is -3.61. The highest BCUT2D eigenvalue weighted by molar-refractivity contribution is 6.07. The van der Waals surface area contributed by atoms with E-state index in [9.17, 15) is 4.79 Å². The van der Waals surface area contributed by atoms with Gasteiger partial charge < -0.3 is 9.47 Å². The van der Waals surface area contributed by atoms with Gasteiger partial charge in [0.05, 0.1) is 23.3 Å². The monoisotopic (exact) mass is 400 g/mol. The summed E-state index contributed by atoms with van der Waals surface area (Å²) < 4.78 is 1.93. The molecule has 3 heterocycles. The van der Waals surface area contributed by atoms with E-state index in [4.69, 9.17) is 4.98 Å². The van der Waals surface area contributed by atoms with Crippen LogP contribution in [0.3, 0.4) is 0 Å². The Kier molecular flexibility index (Phi) is 5.27. The first-order chi connectivity index (χ1) is 14.4. The number of rotatable bonds is 5. The van der Waals surface area contributed by atoms with Gasteiger partial charge in [0, 0.05) is 48.8 Å². The summed E-state index contributed by atoms with van der Waals surface area (Å²) in [6, 6.07) is 7.82. The number of carbonyl (C=O) groups excluding carboxylic acids is 1. The number of fused-ring (bicyclic) bond motifs is 1. The van der Waals surface area contributed by atoms with Crippen LogP contribution in [0.15, 0.2) is 55.4 Å². The van der Waals surface area contributed by atoms with Crippen molar-refractivity contribution < 1.29 is 4.79 Å². The van der Waals surface area contributed by atoms with Crippen LogP contribution in [-0.4, -0.2) is 41.4 Å². The van der Waals surface area contributed by atoms with E-state index in [1.807, 2.05) is 67.7 Å². The van der Waals surface area contributed by atoms with Gasteiger partial charge in [-0.15, -0.1) is 0 Å². The molecule has 0 saturated heterocycles. The van der Waals surface area contributed by atoms with Gasteiger partial charge in [0.15, 0.2) is 0 Å². The number of amides is 1. The predicted molar refractivity (Wildman–Crippen MR) is 116 cm³/mol. The number of pyridine rings is 1. The van der Waals surface area contributed by atoms with Crippen LogP contribution >= 0.6 is 0 Å². The number of hydrogen-bond acceptors (Lipinski definition) is 5. The van der Waals surface area contributed by atoms with E-state index in [2.05, 4.69) is 15.0 Å². The molecule has 1 aromatic carbocycles. The normalized spacial score (nSPS) is 11.2. The third-order valence-corrected chi connectivity index (χ3v) is 5.17. The summed E-state index contributed by atoms with van der Waals surface area (Å²) in [5.74, 6) is 0.783. The lowest BCUT2D eigenvalue weighted by Crippen LogP contribution is -2.37. The Morgan fingerprint density at radius 3 is 2.60 bits per heavy atom. The molecule has 0 fully saturated rings. The molecule has 0 aliphatic carbocycles. The minimum atomic E-state index is -0.0534. The molecule has 1 amide bonds. The van der Waals surface area contributed by atoms with Gasteiger partial charge in [-0.3, -0.25) is 4.79 Å². The van der Waals surface area contributed by atoms with Crippen molar-refractivity contribution in [1.29, 1.82) is 0 Å². The second-order valence-corrected chi connectivity index (χ2v) is 7.68. The predicted octanol–water partition coefficient (Wildman–Crippen LogP) is 3.78. The van der Waals surface area contributed by atoms with E-state index in [1.165, 1.54) is 6.33 Å². The molecule has 0 radical (unpaired) electrons. The van der Waals surface area contributed by atoms with Crippen molar-refractivity contribution in [3.8, 4) is 11.3 Å². The van der Waals surface area contributed by atoms with E-state index in [0.717, 1.165) is 27.9 Å². The SMILES string of the molecule is Cc1ccc2c(C(=O)N(Cc3nccn3C)C(C)C)cc(-c3cncnc3)nc2c1. The van der Waals surface area contributed by atoms with Crippen molar-refractivity contribution in [2.24, 2.45) is 7.05 Å². The molecule has 4 rings (SSSR count). The first-order valence-corrected chi connectivity index (χ1v) is 9.88. The summed E-state index contributed by atoms with van der Waals surface area (Å²) in [6.45, 7) is 6.47. The summed E-state index contributed by atoms with van der Waals surface area (Å²) in [7, 11) is 1.93. The molecule has 30 heavy (non-hydrogen) atoms. The quantitative estimate of drug-likeness (QED) is 0.509. The number of aryl methyl sites for hydroxylation is 2. The average Bonchev–Trinajstić information content (AvgIpc) is 3.15. The lowest BCUT2D eigenvalue weighted by atomic mass is 10.0. The molecule has 7 heteroatoms. The topological polar surface area (TPSA) is 76.8 Å². The number of imidazole rings is 1. The summed E-state index contributed by atoms with van der Waals surface area (Å²) in [4.78, 5) is 32.9.